The second-order valence-corrected chi connectivity index (χ2v) is 5.62. The Bertz CT molecular complexity index is 551. The van der Waals surface area contributed by atoms with Gasteiger partial charge in [-0.3, -0.25) is 14.5 Å². The monoisotopic (exact) mass is 268 g/mol. The number of rotatable bonds is 1. The lowest BCUT2D eigenvalue weighted by Crippen LogP contribution is -2.32. The minimum atomic E-state index is -0.217. The van der Waals surface area contributed by atoms with Crippen molar-refractivity contribution >= 4 is 34.2 Å². The van der Waals surface area contributed by atoms with Crippen molar-refractivity contribution in [3.63, 3.8) is 0 Å². The third kappa shape index (κ3) is 2.28. The number of nitrogens with zero attached hydrogens (tertiary/aromatic N) is 1. The largest absolute Gasteiger partial charge is 0.326 e. The van der Waals surface area contributed by atoms with E-state index in [1.165, 1.54) is 11.8 Å². The lowest BCUT2D eigenvalue weighted by atomic mass is 10.1. The number of thioether (sulfide) groups is 1. The van der Waals surface area contributed by atoms with E-state index in [4.69, 9.17) is 12.2 Å². The third-order valence-corrected chi connectivity index (χ3v) is 4.08. The number of aromatic nitrogens is 1. The van der Waals surface area contributed by atoms with Crippen LogP contribution in [0.3, 0.4) is 0 Å². The van der Waals surface area contributed by atoms with E-state index >= 15 is 0 Å². The van der Waals surface area contributed by atoms with E-state index in [1.54, 1.807) is 24.8 Å². The smallest absolute Gasteiger partial charge is 0.259 e. The summed E-state index contributed by atoms with van der Waals surface area (Å²) in [5.74, 6) is 0.651. The van der Waals surface area contributed by atoms with Crippen LogP contribution in [0.5, 0.6) is 0 Å². The van der Waals surface area contributed by atoms with Crippen molar-refractivity contribution in [3.05, 3.63) is 33.2 Å². The van der Waals surface area contributed by atoms with Crippen molar-refractivity contribution in [3.8, 4) is 0 Å². The van der Waals surface area contributed by atoms with E-state index in [-0.39, 0.29) is 11.5 Å². The Morgan fingerprint density at radius 1 is 1.53 bits per heavy atom. The summed E-state index contributed by atoms with van der Waals surface area (Å²) in [5, 5.41) is 0. The second-order valence-electron chi connectivity index (χ2n) is 3.89. The van der Waals surface area contributed by atoms with Gasteiger partial charge in [0.05, 0.1) is 5.56 Å². The van der Waals surface area contributed by atoms with E-state index in [0.717, 1.165) is 5.75 Å². The third-order valence-electron chi connectivity index (χ3n) is 2.65. The number of aromatic amines is 1. The summed E-state index contributed by atoms with van der Waals surface area (Å²) in [6.45, 7) is 4.03. The van der Waals surface area contributed by atoms with Gasteiger partial charge in [-0.1, -0.05) is 24.0 Å². The van der Waals surface area contributed by atoms with E-state index in [2.05, 4.69) is 4.98 Å². The Morgan fingerprint density at radius 2 is 2.24 bits per heavy atom. The zero-order chi connectivity index (χ0) is 12.6. The molecule has 6 heteroatoms. The van der Waals surface area contributed by atoms with Crippen LogP contribution in [0.4, 0.5) is 0 Å². The second kappa shape index (κ2) is 4.62. The lowest BCUT2D eigenvalue weighted by molar-refractivity contribution is 0.0860. The van der Waals surface area contributed by atoms with Gasteiger partial charge in [0, 0.05) is 23.6 Å². The first-order chi connectivity index (χ1) is 8.00. The highest BCUT2D eigenvalue weighted by atomic mass is 32.2. The van der Waals surface area contributed by atoms with Crippen LogP contribution in [0.15, 0.2) is 10.9 Å². The van der Waals surface area contributed by atoms with Crippen LogP contribution in [0, 0.1) is 13.8 Å². The molecule has 0 radical (unpaired) electrons. The Balaban J connectivity index is 2.44. The maximum absolute atomic E-state index is 12.3. The minimum absolute atomic E-state index is 0.174. The fourth-order valence-electron chi connectivity index (χ4n) is 1.70. The standard InChI is InChI=1S/C11H12N2O2S2/c1-6-5-8(7(2)9(14)12-6)10(15)13-3-4-17-11(13)16/h5H,3-4H2,1-2H3,(H,12,14). The summed E-state index contributed by atoms with van der Waals surface area (Å²) in [7, 11) is 0. The van der Waals surface area contributed by atoms with Gasteiger partial charge in [0.15, 0.2) is 0 Å². The molecule has 0 atom stereocenters. The Hall–Kier alpha value is -1.14. The summed E-state index contributed by atoms with van der Waals surface area (Å²) in [6, 6.07) is 1.70. The molecule has 2 rings (SSSR count). The molecular weight excluding hydrogens is 256 g/mol. The molecule has 90 valence electrons. The van der Waals surface area contributed by atoms with E-state index in [1.807, 2.05) is 0 Å². The number of aryl methyl sites for hydroxylation is 1. The summed E-state index contributed by atoms with van der Waals surface area (Å²) >= 11 is 6.60. The molecule has 1 fully saturated rings. The summed E-state index contributed by atoms with van der Waals surface area (Å²) in [5.41, 5.74) is 1.35. The van der Waals surface area contributed by atoms with Crippen LogP contribution in [-0.2, 0) is 0 Å². The number of H-pyrrole nitrogens is 1. The fraction of sp³-hybridized carbons (Fsp3) is 0.364. The summed E-state index contributed by atoms with van der Waals surface area (Å²) < 4.78 is 0.590. The number of amides is 1. The number of hydrogen-bond acceptors (Lipinski definition) is 4. The number of carbonyl (C=O) groups excluding carboxylic acids is 1. The molecule has 0 bridgehead atoms. The molecule has 1 amide bonds. The summed E-state index contributed by atoms with van der Waals surface area (Å²) in [4.78, 5) is 28.1. The number of pyridine rings is 1. The van der Waals surface area contributed by atoms with Gasteiger partial charge in [0.1, 0.15) is 4.32 Å². The molecule has 0 aliphatic carbocycles. The molecule has 1 saturated heterocycles. The van der Waals surface area contributed by atoms with Crippen LogP contribution in [-0.4, -0.2) is 32.4 Å². The molecule has 0 spiro atoms. The molecule has 2 heterocycles. The first-order valence-electron chi connectivity index (χ1n) is 5.20. The molecule has 1 aromatic heterocycles. The Morgan fingerprint density at radius 3 is 2.82 bits per heavy atom. The number of nitrogens with one attached hydrogen (secondary N) is 1. The normalized spacial score (nSPS) is 15.4. The van der Waals surface area contributed by atoms with Crippen molar-refractivity contribution < 1.29 is 4.79 Å². The fourth-order valence-corrected chi connectivity index (χ4v) is 2.90. The van der Waals surface area contributed by atoms with E-state index in [0.29, 0.717) is 27.7 Å². The highest BCUT2D eigenvalue weighted by Gasteiger charge is 2.26. The first kappa shape index (κ1) is 12.3. The number of thiocarbonyl (C=S) groups is 1. The maximum Gasteiger partial charge on any atom is 0.259 e. The summed E-state index contributed by atoms with van der Waals surface area (Å²) in [6.07, 6.45) is 0. The number of hydrogen-bond donors (Lipinski definition) is 1. The van der Waals surface area contributed by atoms with Gasteiger partial charge in [0.25, 0.3) is 11.5 Å². The van der Waals surface area contributed by atoms with Crippen molar-refractivity contribution in [1.29, 1.82) is 0 Å². The highest BCUT2D eigenvalue weighted by molar-refractivity contribution is 8.23. The predicted octanol–water partition coefficient (Wildman–Crippen LogP) is 1.47. The maximum atomic E-state index is 12.3. The van der Waals surface area contributed by atoms with Gasteiger partial charge in [-0.05, 0) is 19.9 Å². The van der Waals surface area contributed by atoms with Crippen molar-refractivity contribution in [2.24, 2.45) is 0 Å². The van der Waals surface area contributed by atoms with Crippen LogP contribution in [0.2, 0.25) is 0 Å². The zero-order valence-corrected chi connectivity index (χ0v) is 11.2. The molecule has 0 aromatic carbocycles. The molecule has 4 nitrogen and oxygen atoms in total. The Kier molecular flexibility index (Phi) is 3.35. The average molecular weight is 268 g/mol. The Labute approximate surface area is 108 Å². The lowest BCUT2D eigenvalue weighted by Gasteiger charge is -2.16. The molecular formula is C11H12N2O2S2. The van der Waals surface area contributed by atoms with Gasteiger partial charge in [-0.2, -0.15) is 0 Å². The van der Waals surface area contributed by atoms with E-state index in [9.17, 15) is 9.59 Å². The average Bonchev–Trinajstić information content (AvgIpc) is 2.69. The minimum Gasteiger partial charge on any atom is -0.326 e. The molecule has 1 aliphatic rings. The van der Waals surface area contributed by atoms with Crippen LogP contribution in [0.1, 0.15) is 21.6 Å². The van der Waals surface area contributed by atoms with Gasteiger partial charge in [0.2, 0.25) is 0 Å². The molecule has 0 saturated carbocycles. The van der Waals surface area contributed by atoms with Gasteiger partial charge in [-0.25, -0.2) is 0 Å². The molecule has 1 N–H and O–H groups in total. The van der Waals surface area contributed by atoms with Crippen molar-refractivity contribution in [1.82, 2.24) is 9.88 Å². The zero-order valence-electron chi connectivity index (χ0n) is 9.57. The van der Waals surface area contributed by atoms with E-state index < -0.39 is 0 Å². The first-order valence-corrected chi connectivity index (χ1v) is 6.59. The molecule has 1 aliphatic heterocycles. The van der Waals surface area contributed by atoms with Gasteiger partial charge in [-0.15, -0.1) is 0 Å². The van der Waals surface area contributed by atoms with Crippen LogP contribution in [0.25, 0.3) is 0 Å². The van der Waals surface area contributed by atoms with Crippen molar-refractivity contribution in [2.75, 3.05) is 12.3 Å². The van der Waals surface area contributed by atoms with Gasteiger partial charge >= 0.3 is 0 Å². The van der Waals surface area contributed by atoms with Gasteiger partial charge < -0.3 is 4.98 Å². The number of carbonyl (C=O) groups is 1. The van der Waals surface area contributed by atoms with Crippen molar-refractivity contribution in [2.45, 2.75) is 13.8 Å². The van der Waals surface area contributed by atoms with Crippen LogP contribution < -0.4 is 5.56 Å². The molecule has 0 unspecified atom stereocenters. The molecule has 17 heavy (non-hydrogen) atoms. The quantitative estimate of drug-likeness (QED) is 0.784. The highest BCUT2D eigenvalue weighted by Crippen LogP contribution is 2.21. The molecule has 1 aromatic rings. The SMILES string of the molecule is Cc1cc(C(=O)N2CCSC2=S)c(C)c(=O)[nH]1. The van der Waals surface area contributed by atoms with Crippen LogP contribution >= 0.6 is 24.0 Å². The predicted molar refractivity (Wildman–Crippen MR) is 72.6 cm³/mol. The topological polar surface area (TPSA) is 53.2 Å².